The standard InChI is InChI=1S/C33H52ClN6O12PS/c1-10-47-53(43,48-11-2)33(19-45-8,29(41)38-54(9,35)44)46-18-23-25-26(51-32(6,7)50-25)28(49-23)40-27-21(17-36-40)22(16-24(34)37-27)39(20-14-12-13-15-20)30(42)52-31(3,4)5/h16-17,20,23,25-26,28H,10-15,18-19H2,1-9H3,(H2,35,38,41,44)/t23-,25-,26-,28-,33+,54?/m1/s1. The highest BCUT2D eigenvalue weighted by Gasteiger charge is 2.62. The van der Waals surface area contributed by atoms with Crippen molar-refractivity contribution in [2.45, 2.75) is 121 Å². The fourth-order valence-corrected chi connectivity index (χ4v) is 9.65. The number of carbonyl (C=O) groups is 2. The number of methoxy groups -OCH3 is 1. The minimum Gasteiger partial charge on any atom is -0.443 e. The van der Waals surface area contributed by atoms with Crippen molar-refractivity contribution >= 4 is 57.8 Å². The molecule has 0 bridgehead atoms. The van der Waals surface area contributed by atoms with Crippen LogP contribution in [0, 0.1) is 0 Å². The number of pyridine rings is 1. The van der Waals surface area contributed by atoms with Gasteiger partial charge in [0.15, 0.2) is 17.7 Å². The number of halogens is 1. The van der Waals surface area contributed by atoms with Gasteiger partial charge >= 0.3 is 19.6 Å². The summed E-state index contributed by atoms with van der Waals surface area (Å²) in [6.07, 6.45) is 1.96. The van der Waals surface area contributed by atoms with Crippen LogP contribution in [0.1, 0.15) is 80.4 Å². The summed E-state index contributed by atoms with van der Waals surface area (Å²) in [4.78, 5) is 33.8. The third kappa shape index (κ3) is 8.96. The Labute approximate surface area is 320 Å². The second-order valence-corrected chi connectivity index (χ2v) is 19.4. The van der Waals surface area contributed by atoms with Gasteiger partial charge in [-0.05, 0) is 61.3 Å². The quantitative estimate of drug-likeness (QED) is 0.189. The van der Waals surface area contributed by atoms with Gasteiger partial charge in [-0.1, -0.05) is 24.4 Å². The topological polar surface area (TPSA) is 214 Å². The number of carbonyl (C=O) groups excluding carboxylic acids is 2. The van der Waals surface area contributed by atoms with Gasteiger partial charge in [0.05, 0.1) is 43.7 Å². The van der Waals surface area contributed by atoms with E-state index in [0.29, 0.717) is 16.7 Å². The second kappa shape index (κ2) is 16.3. The molecule has 0 aromatic carbocycles. The molecule has 2 N–H and O–H groups in total. The number of rotatable bonds is 14. The molecule has 2 aliphatic heterocycles. The minimum atomic E-state index is -4.56. The third-order valence-corrected chi connectivity index (χ3v) is 12.1. The predicted molar refractivity (Wildman–Crippen MR) is 198 cm³/mol. The molecule has 5 rings (SSSR count). The van der Waals surface area contributed by atoms with E-state index in [-0.39, 0.29) is 24.4 Å². The summed E-state index contributed by atoms with van der Waals surface area (Å²) in [5.41, 5.74) is 0.0315. The fraction of sp³-hybridized carbons (Fsp3) is 0.758. The summed E-state index contributed by atoms with van der Waals surface area (Å²) >= 11 is 6.65. The van der Waals surface area contributed by atoms with Gasteiger partial charge in [-0.3, -0.25) is 14.3 Å². The van der Waals surface area contributed by atoms with Crippen molar-refractivity contribution in [2.24, 2.45) is 9.50 Å². The van der Waals surface area contributed by atoms with E-state index in [4.69, 9.17) is 54.2 Å². The highest BCUT2D eigenvalue weighted by atomic mass is 35.5. The summed E-state index contributed by atoms with van der Waals surface area (Å²) in [6, 6.07) is 1.49. The molecule has 304 valence electrons. The summed E-state index contributed by atoms with van der Waals surface area (Å²) in [7, 11) is -6.87. The van der Waals surface area contributed by atoms with E-state index < -0.39 is 84.0 Å². The fourth-order valence-electron chi connectivity index (χ4n) is 6.94. The lowest BCUT2D eigenvalue weighted by Gasteiger charge is -2.36. The molecule has 3 aliphatic rings. The Balaban J connectivity index is 1.56. The highest BCUT2D eigenvalue weighted by molar-refractivity contribution is 7.91. The van der Waals surface area contributed by atoms with E-state index in [0.717, 1.165) is 31.9 Å². The van der Waals surface area contributed by atoms with Crippen LogP contribution in [0.5, 0.6) is 0 Å². The van der Waals surface area contributed by atoms with Crippen molar-refractivity contribution in [1.82, 2.24) is 14.8 Å². The maximum atomic E-state index is 14.4. The van der Waals surface area contributed by atoms with E-state index in [1.807, 2.05) is 0 Å². The Bertz CT molecular complexity index is 1860. The van der Waals surface area contributed by atoms with Crippen LogP contribution < -0.4 is 10.0 Å². The molecule has 2 saturated heterocycles. The number of ether oxygens (including phenoxy) is 6. The summed E-state index contributed by atoms with van der Waals surface area (Å²) in [6.45, 7) is 10.6. The molecule has 2 aromatic heterocycles. The number of hydrogen-bond donors (Lipinski definition) is 1. The second-order valence-electron chi connectivity index (χ2n) is 14.8. The van der Waals surface area contributed by atoms with Crippen molar-refractivity contribution in [3.63, 3.8) is 0 Å². The molecule has 54 heavy (non-hydrogen) atoms. The summed E-state index contributed by atoms with van der Waals surface area (Å²) < 4.78 is 79.6. The largest absolute Gasteiger partial charge is 0.443 e. The Kier molecular flexibility index (Phi) is 12.9. The smallest absolute Gasteiger partial charge is 0.415 e. The van der Waals surface area contributed by atoms with Crippen molar-refractivity contribution in [3.8, 4) is 0 Å². The molecule has 18 nitrogen and oxygen atoms in total. The summed E-state index contributed by atoms with van der Waals surface area (Å²) in [5.74, 6) is -2.36. The zero-order valence-corrected chi connectivity index (χ0v) is 34.6. The third-order valence-electron chi connectivity index (χ3n) is 8.88. The molecule has 2 aromatic rings. The van der Waals surface area contributed by atoms with Gasteiger partial charge in [0.25, 0.3) is 5.34 Å². The first-order valence-electron chi connectivity index (χ1n) is 17.8. The SMILES string of the molecule is CCOP(=O)(OCC)[C@](COC)(OC[C@H]1O[C@@H](n2ncc3c(N(C(=O)OC(C)(C)C)C4CCCC4)cc(Cl)nc32)[C@@H]2OC(C)(C)O[C@@H]21)C(=O)N=S(C)(N)=O. The Morgan fingerprint density at radius 2 is 1.80 bits per heavy atom. The number of hydrogen-bond acceptors (Lipinski definition) is 14. The van der Waals surface area contributed by atoms with E-state index in [1.165, 1.54) is 11.8 Å². The van der Waals surface area contributed by atoms with Crippen LogP contribution in [0.3, 0.4) is 0 Å². The van der Waals surface area contributed by atoms with Crippen LogP contribution in [0.15, 0.2) is 16.6 Å². The molecule has 3 fully saturated rings. The normalized spacial score (nSPS) is 25.3. The van der Waals surface area contributed by atoms with E-state index in [1.54, 1.807) is 65.6 Å². The molecule has 0 radical (unpaired) electrons. The first-order chi connectivity index (χ1) is 25.2. The predicted octanol–water partition coefficient (Wildman–Crippen LogP) is 5.31. The zero-order chi connectivity index (χ0) is 39.9. The number of anilines is 1. The Morgan fingerprint density at radius 3 is 2.37 bits per heavy atom. The molecular formula is C33H52ClN6O12PS. The Hall–Kier alpha value is -2.29. The summed E-state index contributed by atoms with van der Waals surface area (Å²) in [5, 5.41) is 8.37. The lowest BCUT2D eigenvalue weighted by atomic mass is 10.1. The molecule has 0 spiro atoms. The van der Waals surface area contributed by atoms with E-state index in [2.05, 4.69) is 14.4 Å². The van der Waals surface area contributed by atoms with E-state index >= 15 is 0 Å². The minimum absolute atomic E-state index is 0.103. The van der Waals surface area contributed by atoms with Crippen molar-refractivity contribution in [1.29, 1.82) is 0 Å². The van der Waals surface area contributed by atoms with Gasteiger partial charge in [-0.15, -0.1) is 4.36 Å². The monoisotopic (exact) mass is 822 g/mol. The molecule has 1 saturated carbocycles. The number of fused-ring (bicyclic) bond motifs is 2. The van der Waals surface area contributed by atoms with Crippen molar-refractivity contribution < 1.29 is 55.8 Å². The van der Waals surface area contributed by atoms with Crippen LogP contribution in [0.4, 0.5) is 10.5 Å². The van der Waals surface area contributed by atoms with Gasteiger partial charge in [0.1, 0.15) is 39.0 Å². The highest BCUT2D eigenvalue weighted by Crippen LogP contribution is 2.61. The number of nitrogens with zero attached hydrogens (tertiary/aromatic N) is 5. The van der Waals surface area contributed by atoms with Gasteiger partial charge in [0.2, 0.25) is 0 Å². The maximum Gasteiger partial charge on any atom is 0.415 e. The molecule has 2 amide bonds. The number of amides is 2. The number of aromatic nitrogens is 3. The number of nitrogens with two attached hydrogens (primary N) is 1. The van der Waals surface area contributed by atoms with Crippen LogP contribution in [0.2, 0.25) is 5.15 Å². The Morgan fingerprint density at radius 1 is 1.17 bits per heavy atom. The van der Waals surface area contributed by atoms with Gasteiger partial charge in [-0.25, -0.2) is 23.8 Å². The van der Waals surface area contributed by atoms with Crippen molar-refractivity contribution in [3.05, 3.63) is 17.4 Å². The average Bonchev–Trinajstić information content (AvgIpc) is 3.82. The lowest BCUT2D eigenvalue weighted by Crippen LogP contribution is -2.49. The van der Waals surface area contributed by atoms with Gasteiger partial charge < -0.3 is 37.5 Å². The van der Waals surface area contributed by atoms with Crippen LogP contribution in [0.25, 0.3) is 11.0 Å². The molecule has 1 unspecified atom stereocenters. The lowest BCUT2D eigenvalue weighted by molar-refractivity contribution is -0.207. The average molecular weight is 823 g/mol. The van der Waals surface area contributed by atoms with Crippen LogP contribution >= 0.6 is 19.2 Å². The van der Waals surface area contributed by atoms with Crippen LogP contribution in [-0.4, -0.2) is 112 Å². The first-order valence-corrected chi connectivity index (χ1v) is 21.7. The molecule has 4 heterocycles. The molecular weight excluding hydrogens is 771 g/mol. The van der Waals surface area contributed by atoms with E-state index in [9.17, 15) is 18.4 Å². The van der Waals surface area contributed by atoms with Crippen LogP contribution in [-0.2, 0) is 56.7 Å². The van der Waals surface area contributed by atoms with Gasteiger partial charge in [-0.2, -0.15) is 5.10 Å². The molecule has 21 heteroatoms. The maximum absolute atomic E-state index is 14.4. The van der Waals surface area contributed by atoms with Gasteiger partial charge in [0, 0.05) is 25.5 Å². The molecule has 1 aliphatic carbocycles. The molecule has 6 atom stereocenters. The van der Waals surface area contributed by atoms with Crippen molar-refractivity contribution in [2.75, 3.05) is 44.7 Å². The zero-order valence-electron chi connectivity index (χ0n) is 32.1. The first kappa shape index (κ1) is 42.8.